The van der Waals surface area contributed by atoms with Crippen molar-refractivity contribution < 1.29 is 9.53 Å². The molecule has 0 spiro atoms. The normalized spacial score (nSPS) is 16.6. The average molecular weight is 470 g/mol. The van der Waals surface area contributed by atoms with Crippen molar-refractivity contribution in [2.75, 3.05) is 7.11 Å². The number of ether oxygens (including phenoxy) is 1. The number of amidine groups is 2. The summed E-state index contributed by atoms with van der Waals surface area (Å²) in [7, 11) is 1.64. The molecule has 0 saturated heterocycles. The second-order valence-corrected chi connectivity index (χ2v) is 9.06. The van der Waals surface area contributed by atoms with Gasteiger partial charge in [0.25, 0.3) is 5.91 Å². The fraction of sp³-hybridized carbons (Fsp3) is 0.154. The first kappa shape index (κ1) is 21.9. The van der Waals surface area contributed by atoms with Crippen molar-refractivity contribution in [2.45, 2.75) is 20.8 Å². The standard InChI is InChI=1S/C26H23N5O2S/c1-15-8-5-6-11-21(15)25-29-31-23(27)22(24(32)28-26(31)34-25)13-18-12-16(2)30(17(18)3)19-9-7-10-20(14-19)33-4/h5-14,27H,1-4H3/b22-13-,27-23?. The van der Waals surface area contributed by atoms with Gasteiger partial charge in [0.2, 0.25) is 5.17 Å². The highest BCUT2D eigenvalue weighted by Gasteiger charge is 2.36. The third-order valence-corrected chi connectivity index (χ3v) is 6.85. The van der Waals surface area contributed by atoms with Crippen molar-refractivity contribution in [3.05, 3.63) is 88.2 Å². The highest BCUT2D eigenvalue weighted by Crippen LogP contribution is 2.32. The number of aromatic nitrogens is 1. The second kappa shape index (κ2) is 8.46. The van der Waals surface area contributed by atoms with E-state index in [9.17, 15) is 4.79 Å². The molecular weight excluding hydrogens is 446 g/mol. The van der Waals surface area contributed by atoms with Crippen LogP contribution in [-0.4, -0.2) is 38.6 Å². The smallest absolute Gasteiger partial charge is 0.283 e. The molecule has 5 rings (SSSR count). The molecule has 2 aliphatic heterocycles. The number of carbonyl (C=O) groups is 1. The Morgan fingerprint density at radius 1 is 1.06 bits per heavy atom. The highest BCUT2D eigenvalue weighted by molar-refractivity contribution is 8.27. The summed E-state index contributed by atoms with van der Waals surface area (Å²) in [5.74, 6) is 0.360. The predicted octanol–water partition coefficient (Wildman–Crippen LogP) is 5.08. The van der Waals surface area contributed by atoms with Gasteiger partial charge in [0.05, 0.1) is 12.7 Å². The quantitative estimate of drug-likeness (QED) is 0.540. The minimum absolute atomic E-state index is 0.0252. The Labute approximate surface area is 202 Å². The lowest BCUT2D eigenvalue weighted by atomic mass is 10.1. The molecular formula is C26H23N5O2S. The van der Waals surface area contributed by atoms with Crippen LogP contribution in [0.4, 0.5) is 0 Å². The van der Waals surface area contributed by atoms with Crippen LogP contribution in [0.1, 0.15) is 28.1 Å². The Hall–Kier alpha value is -3.91. The number of hydrogen-bond donors (Lipinski definition) is 1. The molecule has 0 fully saturated rings. The molecule has 0 atom stereocenters. The molecule has 170 valence electrons. The van der Waals surface area contributed by atoms with Gasteiger partial charge in [0.1, 0.15) is 10.8 Å². The van der Waals surface area contributed by atoms with Crippen LogP contribution >= 0.6 is 11.8 Å². The second-order valence-electron chi connectivity index (χ2n) is 8.10. The summed E-state index contributed by atoms with van der Waals surface area (Å²) in [5.41, 5.74) is 6.03. The number of nitrogens with zero attached hydrogens (tertiary/aromatic N) is 4. The molecule has 0 saturated carbocycles. The van der Waals surface area contributed by atoms with Crippen LogP contribution in [0.2, 0.25) is 0 Å². The Bertz CT molecular complexity index is 1450. The van der Waals surface area contributed by atoms with E-state index in [-0.39, 0.29) is 11.4 Å². The number of aryl methyl sites for hydroxylation is 2. The Kier molecular flexibility index (Phi) is 5.45. The summed E-state index contributed by atoms with van der Waals surface area (Å²) in [6, 6.07) is 17.7. The maximum atomic E-state index is 12.9. The van der Waals surface area contributed by atoms with Crippen molar-refractivity contribution >= 4 is 39.8 Å². The maximum Gasteiger partial charge on any atom is 0.283 e. The van der Waals surface area contributed by atoms with E-state index in [1.165, 1.54) is 16.8 Å². The van der Waals surface area contributed by atoms with Crippen LogP contribution in [-0.2, 0) is 4.79 Å². The number of nitrogens with one attached hydrogen (secondary N) is 1. The summed E-state index contributed by atoms with van der Waals surface area (Å²) in [6.07, 6.45) is 1.73. The van der Waals surface area contributed by atoms with Crippen LogP contribution in [0.5, 0.6) is 5.75 Å². The molecule has 2 aliphatic rings. The minimum Gasteiger partial charge on any atom is -0.497 e. The first-order valence-corrected chi connectivity index (χ1v) is 11.6. The van der Waals surface area contributed by atoms with Crippen LogP contribution in [0, 0.1) is 26.2 Å². The molecule has 0 bridgehead atoms. The zero-order valence-corrected chi connectivity index (χ0v) is 20.1. The van der Waals surface area contributed by atoms with Gasteiger partial charge in [0, 0.05) is 28.7 Å². The zero-order chi connectivity index (χ0) is 24.0. The number of thioether (sulfide) groups is 1. The topological polar surface area (TPSA) is 83.0 Å². The molecule has 1 amide bonds. The molecule has 7 nitrogen and oxygen atoms in total. The van der Waals surface area contributed by atoms with Gasteiger partial charge in [-0.25, -0.2) is 0 Å². The van der Waals surface area contributed by atoms with Gasteiger partial charge in [-0.2, -0.15) is 15.1 Å². The molecule has 8 heteroatoms. The van der Waals surface area contributed by atoms with Gasteiger partial charge in [-0.3, -0.25) is 10.2 Å². The fourth-order valence-corrected chi connectivity index (χ4v) is 5.13. The average Bonchev–Trinajstić information content (AvgIpc) is 3.37. The van der Waals surface area contributed by atoms with Gasteiger partial charge in [0.15, 0.2) is 5.84 Å². The molecule has 34 heavy (non-hydrogen) atoms. The van der Waals surface area contributed by atoms with E-state index < -0.39 is 5.91 Å². The number of rotatable bonds is 4. The van der Waals surface area contributed by atoms with E-state index in [2.05, 4.69) is 14.7 Å². The molecule has 3 aromatic rings. The number of carbonyl (C=O) groups excluding carboxylic acids is 1. The van der Waals surface area contributed by atoms with Crippen molar-refractivity contribution in [1.29, 1.82) is 5.41 Å². The SMILES string of the molecule is COc1cccc(-n2c(C)cc(/C=C3/C(=N)N4N=C(c5ccccc5C)SC4=NC3=O)c2C)c1. The number of amides is 1. The largest absolute Gasteiger partial charge is 0.497 e. The monoisotopic (exact) mass is 469 g/mol. The van der Waals surface area contributed by atoms with Crippen LogP contribution < -0.4 is 4.74 Å². The van der Waals surface area contributed by atoms with Crippen LogP contribution in [0.15, 0.2) is 70.3 Å². The lowest BCUT2D eigenvalue weighted by Crippen LogP contribution is -2.35. The van der Waals surface area contributed by atoms with E-state index >= 15 is 0 Å². The highest BCUT2D eigenvalue weighted by atomic mass is 32.2. The van der Waals surface area contributed by atoms with E-state index in [1.54, 1.807) is 13.2 Å². The number of fused-ring (bicyclic) bond motifs is 1. The van der Waals surface area contributed by atoms with Crippen molar-refractivity contribution in [2.24, 2.45) is 10.1 Å². The summed E-state index contributed by atoms with van der Waals surface area (Å²) >= 11 is 1.31. The van der Waals surface area contributed by atoms with Crippen LogP contribution in [0.3, 0.4) is 0 Å². The number of benzene rings is 2. The number of hydrogen-bond acceptors (Lipinski definition) is 5. The molecule has 1 N–H and O–H groups in total. The number of aliphatic imine (C=N–C) groups is 1. The summed E-state index contributed by atoms with van der Waals surface area (Å²) in [4.78, 5) is 17.1. The van der Waals surface area contributed by atoms with Gasteiger partial charge in [-0.1, -0.05) is 30.3 Å². The lowest BCUT2D eigenvalue weighted by Gasteiger charge is -2.20. The van der Waals surface area contributed by atoms with E-state index in [0.29, 0.717) is 5.17 Å². The van der Waals surface area contributed by atoms with Gasteiger partial charge < -0.3 is 9.30 Å². The van der Waals surface area contributed by atoms with Crippen molar-refractivity contribution in [1.82, 2.24) is 9.58 Å². The van der Waals surface area contributed by atoms with Crippen molar-refractivity contribution in [3.8, 4) is 11.4 Å². The fourth-order valence-electron chi connectivity index (χ4n) is 4.15. The lowest BCUT2D eigenvalue weighted by molar-refractivity contribution is -0.114. The summed E-state index contributed by atoms with van der Waals surface area (Å²) in [5, 5.41) is 15.9. The van der Waals surface area contributed by atoms with Gasteiger partial charge in [-0.15, -0.1) is 0 Å². The third-order valence-electron chi connectivity index (χ3n) is 5.91. The van der Waals surface area contributed by atoms with Gasteiger partial charge in [-0.05, 0) is 67.9 Å². The molecule has 1 aromatic heterocycles. The van der Waals surface area contributed by atoms with Gasteiger partial charge >= 0.3 is 0 Å². The van der Waals surface area contributed by atoms with Crippen LogP contribution in [0.25, 0.3) is 11.8 Å². The Morgan fingerprint density at radius 3 is 2.62 bits per heavy atom. The summed E-state index contributed by atoms with van der Waals surface area (Å²) < 4.78 is 7.47. The number of methoxy groups -OCH3 is 1. The first-order chi connectivity index (χ1) is 16.4. The van der Waals surface area contributed by atoms with E-state index in [0.717, 1.165) is 44.6 Å². The summed E-state index contributed by atoms with van der Waals surface area (Å²) in [6.45, 7) is 6.01. The Balaban J connectivity index is 1.52. The maximum absolute atomic E-state index is 12.9. The number of hydrazone groups is 1. The molecule has 3 heterocycles. The predicted molar refractivity (Wildman–Crippen MR) is 137 cm³/mol. The first-order valence-electron chi connectivity index (χ1n) is 10.8. The molecule has 0 unspecified atom stereocenters. The minimum atomic E-state index is -0.434. The van der Waals surface area contributed by atoms with Crippen molar-refractivity contribution in [3.63, 3.8) is 0 Å². The zero-order valence-electron chi connectivity index (χ0n) is 19.3. The Morgan fingerprint density at radius 2 is 1.85 bits per heavy atom. The van der Waals surface area contributed by atoms with E-state index in [4.69, 9.17) is 10.1 Å². The molecule has 0 aliphatic carbocycles. The molecule has 0 radical (unpaired) electrons. The van der Waals surface area contributed by atoms with E-state index in [1.807, 2.05) is 75.4 Å². The molecule has 2 aromatic carbocycles. The third kappa shape index (κ3) is 3.66.